The van der Waals surface area contributed by atoms with Crippen molar-refractivity contribution >= 4 is 23.6 Å². The van der Waals surface area contributed by atoms with E-state index in [1.54, 1.807) is 24.1 Å². The Balaban J connectivity index is 1.80. The van der Waals surface area contributed by atoms with Crippen molar-refractivity contribution in [3.05, 3.63) is 34.9 Å². The number of likely N-dealkylation sites (tertiary alicyclic amines) is 1. The number of benzene rings is 1. The van der Waals surface area contributed by atoms with E-state index in [-0.39, 0.29) is 23.8 Å². The van der Waals surface area contributed by atoms with Crippen molar-refractivity contribution in [1.29, 1.82) is 0 Å². The smallest absolute Gasteiger partial charge is 0.407 e. The van der Waals surface area contributed by atoms with Gasteiger partial charge in [0.2, 0.25) is 5.91 Å². The third-order valence-electron chi connectivity index (χ3n) is 5.21. The number of hydrogen-bond donors (Lipinski definition) is 1. The number of halogens is 1. The Labute approximate surface area is 152 Å². The zero-order valence-electron chi connectivity index (χ0n) is 14.2. The van der Waals surface area contributed by atoms with Gasteiger partial charge in [-0.1, -0.05) is 23.7 Å². The largest absolute Gasteiger partial charge is 0.465 e. The highest BCUT2D eigenvalue weighted by Gasteiger charge is 2.41. The summed E-state index contributed by atoms with van der Waals surface area (Å²) in [6.07, 6.45) is 0.739. The van der Waals surface area contributed by atoms with E-state index in [0.717, 1.165) is 18.4 Å². The van der Waals surface area contributed by atoms with Gasteiger partial charge < -0.3 is 19.6 Å². The summed E-state index contributed by atoms with van der Waals surface area (Å²) < 4.78 is 5.43. The summed E-state index contributed by atoms with van der Waals surface area (Å²) in [5.74, 6) is -0.111. The average molecular weight is 367 g/mol. The molecule has 3 atom stereocenters. The second-order valence-electron chi connectivity index (χ2n) is 6.78. The van der Waals surface area contributed by atoms with E-state index >= 15 is 0 Å². The van der Waals surface area contributed by atoms with Gasteiger partial charge in [0.25, 0.3) is 0 Å². The second kappa shape index (κ2) is 7.62. The van der Waals surface area contributed by atoms with Crippen molar-refractivity contribution in [2.45, 2.75) is 24.8 Å². The number of carboxylic acid groups (broad SMARTS) is 1. The number of likely N-dealkylation sites (N-methyl/N-ethyl adjacent to an activating group) is 1. The molecule has 3 rings (SSSR count). The molecule has 1 aromatic carbocycles. The van der Waals surface area contributed by atoms with Gasteiger partial charge in [0.05, 0.1) is 18.6 Å². The quantitative estimate of drug-likeness (QED) is 0.892. The molecule has 136 valence electrons. The Hall–Kier alpha value is -1.79. The standard InChI is InChI=1S/C18H23ClN2O4/c1-20(18(23)24)16-10-21(17(22)13-3-2-8-25-11-13)9-15(16)12-4-6-14(19)7-5-12/h4-7,13,15-16H,2-3,8-11H2,1H3,(H,23,24)/t13?,15-,16+/m0/s1. The van der Waals surface area contributed by atoms with Gasteiger partial charge in [0.1, 0.15) is 0 Å². The predicted molar refractivity (Wildman–Crippen MR) is 93.9 cm³/mol. The summed E-state index contributed by atoms with van der Waals surface area (Å²) in [5.41, 5.74) is 0.998. The van der Waals surface area contributed by atoms with Crippen molar-refractivity contribution in [3.63, 3.8) is 0 Å². The first kappa shape index (κ1) is 18.0. The van der Waals surface area contributed by atoms with Gasteiger partial charge >= 0.3 is 6.09 Å². The minimum absolute atomic E-state index is 0.0631. The Bertz CT molecular complexity index is 630. The lowest BCUT2D eigenvalue weighted by Crippen LogP contribution is -2.42. The molecular weight excluding hydrogens is 344 g/mol. The maximum Gasteiger partial charge on any atom is 0.407 e. The van der Waals surface area contributed by atoms with Crippen molar-refractivity contribution in [3.8, 4) is 0 Å². The summed E-state index contributed by atoms with van der Waals surface area (Å²) in [7, 11) is 1.56. The number of hydrogen-bond acceptors (Lipinski definition) is 3. The molecule has 2 amide bonds. The molecule has 1 N–H and O–H groups in total. The topological polar surface area (TPSA) is 70.1 Å². The zero-order valence-corrected chi connectivity index (χ0v) is 15.0. The number of rotatable bonds is 3. The van der Waals surface area contributed by atoms with Gasteiger partial charge in [-0.15, -0.1) is 0 Å². The van der Waals surface area contributed by atoms with Crippen molar-refractivity contribution in [2.24, 2.45) is 5.92 Å². The molecule has 2 aliphatic rings. The second-order valence-corrected chi connectivity index (χ2v) is 7.21. The number of amides is 2. The normalized spacial score (nSPS) is 26.5. The van der Waals surface area contributed by atoms with Crippen LogP contribution in [0.5, 0.6) is 0 Å². The van der Waals surface area contributed by atoms with E-state index in [1.165, 1.54) is 4.90 Å². The molecule has 0 saturated carbocycles. The molecule has 2 aliphatic heterocycles. The maximum atomic E-state index is 12.8. The fraction of sp³-hybridized carbons (Fsp3) is 0.556. The molecule has 2 fully saturated rings. The first-order valence-electron chi connectivity index (χ1n) is 8.55. The Morgan fingerprint density at radius 2 is 2.00 bits per heavy atom. The molecule has 0 aromatic heterocycles. The van der Waals surface area contributed by atoms with E-state index < -0.39 is 6.09 Å². The molecule has 2 saturated heterocycles. The van der Waals surface area contributed by atoms with Crippen LogP contribution < -0.4 is 0 Å². The molecule has 25 heavy (non-hydrogen) atoms. The lowest BCUT2D eigenvalue weighted by atomic mass is 9.93. The van der Waals surface area contributed by atoms with Crippen LogP contribution in [0.15, 0.2) is 24.3 Å². The molecule has 7 heteroatoms. The number of nitrogens with zero attached hydrogens (tertiary/aromatic N) is 2. The molecule has 0 aliphatic carbocycles. The third kappa shape index (κ3) is 3.90. The molecule has 0 bridgehead atoms. The number of carbonyl (C=O) groups is 2. The van der Waals surface area contributed by atoms with Crippen molar-refractivity contribution < 1.29 is 19.4 Å². The van der Waals surface area contributed by atoms with Gasteiger partial charge in [-0.2, -0.15) is 0 Å². The highest BCUT2D eigenvalue weighted by Crippen LogP contribution is 2.33. The molecule has 2 heterocycles. The SMILES string of the molecule is CN(C(=O)O)[C@@H]1CN(C(=O)C2CCCOC2)C[C@H]1c1ccc(Cl)cc1. The summed E-state index contributed by atoms with van der Waals surface area (Å²) >= 11 is 5.97. The predicted octanol–water partition coefficient (Wildman–Crippen LogP) is 2.67. The summed E-state index contributed by atoms with van der Waals surface area (Å²) in [5, 5.41) is 10.0. The first-order chi connectivity index (χ1) is 12.0. The van der Waals surface area contributed by atoms with Crippen LogP contribution in [0.4, 0.5) is 4.79 Å². The van der Waals surface area contributed by atoms with Crippen LogP contribution in [0, 0.1) is 5.92 Å². The third-order valence-corrected chi connectivity index (χ3v) is 5.46. The van der Waals surface area contributed by atoms with Crippen molar-refractivity contribution in [1.82, 2.24) is 9.80 Å². The zero-order chi connectivity index (χ0) is 18.0. The molecule has 0 radical (unpaired) electrons. The van der Waals surface area contributed by atoms with Crippen LogP contribution >= 0.6 is 11.6 Å². The maximum absolute atomic E-state index is 12.8. The lowest BCUT2D eigenvalue weighted by molar-refractivity contribution is -0.138. The van der Waals surface area contributed by atoms with Gasteiger partial charge in [0.15, 0.2) is 0 Å². The Kier molecular flexibility index (Phi) is 5.49. The number of carbonyl (C=O) groups excluding carboxylic acids is 1. The monoisotopic (exact) mass is 366 g/mol. The fourth-order valence-corrected chi connectivity index (χ4v) is 3.86. The van der Waals surface area contributed by atoms with E-state index in [2.05, 4.69) is 0 Å². The highest BCUT2D eigenvalue weighted by molar-refractivity contribution is 6.30. The molecule has 1 unspecified atom stereocenters. The van der Waals surface area contributed by atoms with E-state index in [9.17, 15) is 14.7 Å². The van der Waals surface area contributed by atoms with Crippen LogP contribution in [-0.2, 0) is 9.53 Å². The summed E-state index contributed by atoms with van der Waals surface area (Å²) in [6.45, 7) is 2.09. The van der Waals surface area contributed by atoms with Gasteiger partial charge in [-0.25, -0.2) is 4.79 Å². The molecular formula is C18H23ClN2O4. The summed E-state index contributed by atoms with van der Waals surface area (Å²) in [4.78, 5) is 27.4. The van der Waals surface area contributed by atoms with Crippen molar-refractivity contribution in [2.75, 3.05) is 33.4 Å². The summed E-state index contributed by atoms with van der Waals surface area (Å²) in [6, 6.07) is 7.15. The lowest BCUT2D eigenvalue weighted by Gasteiger charge is -2.27. The van der Waals surface area contributed by atoms with Crippen LogP contribution in [-0.4, -0.2) is 66.3 Å². The minimum Gasteiger partial charge on any atom is -0.465 e. The van der Waals surface area contributed by atoms with E-state index in [1.807, 2.05) is 12.1 Å². The van der Waals surface area contributed by atoms with Gasteiger partial charge in [-0.3, -0.25) is 4.79 Å². The molecule has 0 spiro atoms. The Morgan fingerprint density at radius 3 is 2.60 bits per heavy atom. The van der Waals surface area contributed by atoms with Gasteiger partial charge in [-0.05, 0) is 30.5 Å². The Morgan fingerprint density at radius 1 is 1.28 bits per heavy atom. The van der Waals surface area contributed by atoms with E-state index in [4.69, 9.17) is 16.3 Å². The average Bonchev–Trinajstić information content (AvgIpc) is 3.07. The molecule has 6 nitrogen and oxygen atoms in total. The number of ether oxygens (including phenoxy) is 1. The first-order valence-corrected chi connectivity index (χ1v) is 8.93. The molecule has 1 aromatic rings. The van der Waals surface area contributed by atoms with Crippen LogP contribution in [0.25, 0.3) is 0 Å². The van der Waals surface area contributed by atoms with E-state index in [0.29, 0.717) is 31.3 Å². The fourth-order valence-electron chi connectivity index (χ4n) is 3.73. The van der Waals surface area contributed by atoms with Crippen LogP contribution in [0.1, 0.15) is 24.3 Å². The highest BCUT2D eigenvalue weighted by atomic mass is 35.5. The minimum atomic E-state index is -0.987. The van der Waals surface area contributed by atoms with Crippen LogP contribution in [0.3, 0.4) is 0 Å². The van der Waals surface area contributed by atoms with Gasteiger partial charge in [0, 0.05) is 37.7 Å². The van der Waals surface area contributed by atoms with Crippen LogP contribution in [0.2, 0.25) is 5.02 Å².